The zero-order valence-corrected chi connectivity index (χ0v) is 13.3. The van der Waals surface area contributed by atoms with Gasteiger partial charge in [0.25, 0.3) is 23.4 Å². The van der Waals surface area contributed by atoms with Crippen molar-refractivity contribution in [3.05, 3.63) is 39.4 Å². The molecule has 0 saturated carbocycles. The Morgan fingerprint density at radius 3 is 2.54 bits per heavy atom. The van der Waals surface area contributed by atoms with E-state index in [1.807, 2.05) is 5.32 Å². The largest absolute Gasteiger partial charge is 0.452 e. The summed E-state index contributed by atoms with van der Waals surface area (Å²) in [7, 11) is 0. The molecule has 0 aromatic heterocycles. The molecule has 0 spiro atoms. The normalized spacial score (nSPS) is 22.1. The monoisotopic (exact) mass is 361 g/mol. The molecule has 1 aromatic rings. The van der Waals surface area contributed by atoms with E-state index in [0.29, 0.717) is 4.90 Å². The number of benzene rings is 1. The van der Waals surface area contributed by atoms with Gasteiger partial charge in [-0.15, -0.1) is 0 Å². The number of rotatable bonds is 3. The fourth-order valence-electron chi connectivity index (χ4n) is 2.95. The third-order valence-electron chi connectivity index (χ3n) is 4.02. The van der Waals surface area contributed by atoms with Crippen molar-refractivity contribution < 1.29 is 33.6 Å². The molecule has 134 valence electrons. The summed E-state index contributed by atoms with van der Waals surface area (Å²) in [4.78, 5) is 71.0. The molecule has 0 aliphatic carbocycles. The lowest BCUT2D eigenvalue weighted by Crippen LogP contribution is -2.59. The Morgan fingerprint density at radius 2 is 1.92 bits per heavy atom. The van der Waals surface area contributed by atoms with E-state index in [1.165, 1.54) is 12.1 Å². The standard InChI is InChI=1S/C15H11N3O8/c1-6(19)26-10-5-9(12(20)16-13(10)21)17-14(22)7-3-2-4-8(18(24)25)11(7)15(17)23/h2-4,9-10H,5H2,1H3,(H,16,20,21). The summed E-state index contributed by atoms with van der Waals surface area (Å²) < 4.78 is 4.79. The number of amides is 4. The molecular formula is C15H11N3O8. The molecule has 1 fully saturated rings. The summed E-state index contributed by atoms with van der Waals surface area (Å²) in [5.74, 6) is -4.51. The molecule has 0 bridgehead atoms. The van der Waals surface area contributed by atoms with E-state index >= 15 is 0 Å². The number of imide groups is 2. The van der Waals surface area contributed by atoms with Gasteiger partial charge in [-0.2, -0.15) is 0 Å². The average molecular weight is 361 g/mol. The maximum absolute atomic E-state index is 12.6. The summed E-state index contributed by atoms with van der Waals surface area (Å²) in [5.41, 5.74) is -1.19. The minimum Gasteiger partial charge on any atom is -0.452 e. The molecule has 11 nitrogen and oxygen atoms in total. The number of carbonyl (C=O) groups excluding carboxylic acids is 5. The predicted octanol–water partition coefficient (Wildman–Crippen LogP) is -0.462. The SMILES string of the molecule is CC(=O)OC1CC(N2C(=O)c3cccc([N+](=O)[O-])c3C2=O)C(=O)NC1=O. The van der Waals surface area contributed by atoms with Gasteiger partial charge < -0.3 is 4.74 Å². The van der Waals surface area contributed by atoms with Crippen molar-refractivity contribution in [1.82, 2.24) is 10.2 Å². The van der Waals surface area contributed by atoms with Crippen LogP contribution in [0.3, 0.4) is 0 Å². The molecule has 1 aromatic carbocycles. The molecule has 2 aliphatic heterocycles. The number of nitrogens with one attached hydrogen (secondary N) is 1. The number of nitro groups is 1. The molecule has 1 saturated heterocycles. The zero-order chi connectivity index (χ0) is 19.2. The highest BCUT2D eigenvalue weighted by molar-refractivity contribution is 6.25. The van der Waals surface area contributed by atoms with Gasteiger partial charge in [0, 0.05) is 19.4 Å². The molecule has 2 heterocycles. The predicted molar refractivity (Wildman–Crippen MR) is 80.7 cm³/mol. The summed E-state index contributed by atoms with van der Waals surface area (Å²) in [6, 6.07) is 2.11. The number of fused-ring (bicyclic) bond motifs is 1. The maximum atomic E-state index is 12.6. The van der Waals surface area contributed by atoms with Crippen LogP contribution in [0.2, 0.25) is 0 Å². The van der Waals surface area contributed by atoms with Crippen molar-refractivity contribution in [2.75, 3.05) is 0 Å². The van der Waals surface area contributed by atoms with Crippen LogP contribution in [-0.2, 0) is 19.1 Å². The van der Waals surface area contributed by atoms with Crippen LogP contribution in [0.15, 0.2) is 18.2 Å². The van der Waals surface area contributed by atoms with E-state index in [1.54, 1.807) is 0 Å². The summed E-state index contributed by atoms with van der Waals surface area (Å²) in [6.45, 7) is 1.06. The Kier molecular flexibility index (Phi) is 3.98. The van der Waals surface area contributed by atoms with Gasteiger partial charge in [0.05, 0.1) is 10.5 Å². The van der Waals surface area contributed by atoms with E-state index in [9.17, 15) is 34.1 Å². The second-order valence-corrected chi connectivity index (χ2v) is 5.64. The molecule has 11 heteroatoms. The molecule has 4 amide bonds. The van der Waals surface area contributed by atoms with Gasteiger partial charge in [-0.3, -0.25) is 44.3 Å². The first-order valence-corrected chi connectivity index (χ1v) is 7.39. The fourth-order valence-corrected chi connectivity index (χ4v) is 2.95. The van der Waals surface area contributed by atoms with Gasteiger partial charge >= 0.3 is 5.97 Å². The van der Waals surface area contributed by atoms with Gasteiger partial charge in [-0.05, 0) is 6.07 Å². The second-order valence-electron chi connectivity index (χ2n) is 5.64. The topological polar surface area (TPSA) is 153 Å². The van der Waals surface area contributed by atoms with Gasteiger partial charge in [-0.25, -0.2) is 0 Å². The molecular weight excluding hydrogens is 350 g/mol. The van der Waals surface area contributed by atoms with Crippen LogP contribution >= 0.6 is 0 Å². The number of nitrogens with zero attached hydrogens (tertiary/aromatic N) is 2. The first-order valence-electron chi connectivity index (χ1n) is 7.39. The Labute approximate surface area is 145 Å². The van der Waals surface area contributed by atoms with Gasteiger partial charge in [0.1, 0.15) is 11.6 Å². The first-order chi connectivity index (χ1) is 12.2. The van der Waals surface area contributed by atoms with Gasteiger partial charge in [0.2, 0.25) is 5.91 Å². The fraction of sp³-hybridized carbons (Fsp3) is 0.267. The molecule has 1 N–H and O–H groups in total. The van der Waals surface area contributed by atoms with Gasteiger partial charge in [-0.1, -0.05) is 6.07 Å². The highest BCUT2D eigenvalue weighted by Gasteiger charge is 2.50. The highest BCUT2D eigenvalue weighted by Crippen LogP contribution is 2.33. The van der Waals surface area contributed by atoms with Crippen LogP contribution in [0, 0.1) is 10.1 Å². The smallest absolute Gasteiger partial charge is 0.303 e. The average Bonchev–Trinajstić information content (AvgIpc) is 2.81. The van der Waals surface area contributed by atoms with E-state index in [-0.39, 0.29) is 5.56 Å². The van der Waals surface area contributed by atoms with Crippen molar-refractivity contribution in [3.63, 3.8) is 0 Å². The number of hydrogen-bond donors (Lipinski definition) is 1. The summed E-state index contributed by atoms with van der Waals surface area (Å²) in [6.07, 6.45) is -1.79. The summed E-state index contributed by atoms with van der Waals surface area (Å²) in [5, 5.41) is 13.1. The first kappa shape index (κ1) is 17.2. The maximum Gasteiger partial charge on any atom is 0.303 e. The zero-order valence-electron chi connectivity index (χ0n) is 13.3. The third kappa shape index (κ3) is 2.59. The molecule has 3 rings (SSSR count). The Morgan fingerprint density at radius 1 is 1.23 bits per heavy atom. The van der Waals surface area contributed by atoms with E-state index in [2.05, 4.69) is 0 Å². The summed E-state index contributed by atoms with van der Waals surface area (Å²) >= 11 is 0. The number of piperidine rings is 1. The van der Waals surface area contributed by atoms with Crippen molar-refractivity contribution in [2.24, 2.45) is 0 Å². The third-order valence-corrected chi connectivity index (χ3v) is 4.02. The Hall–Kier alpha value is -3.63. The quantitative estimate of drug-likeness (QED) is 0.328. The second kappa shape index (κ2) is 6.02. The number of hydrogen-bond acceptors (Lipinski definition) is 8. The molecule has 2 aliphatic rings. The number of nitro benzene ring substituents is 1. The van der Waals surface area contributed by atoms with Crippen LogP contribution in [0.25, 0.3) is 0 Å². The molecule has 26 heavy (non-hydrogen) atoms. The lowest BCUT2D eigenvalue weighted by atomic mass is 10.0. The van der Waals surface area contributed by atoms with Crippen LogP contribution in [0.5, 0.6) is 0 Å². The number of ether oxygens (including phenoxy) is 1. The molecule has 0 radical (unpaired) electrons. The minimum absolute atomic E-state index is 0.210. The number of esters is 1. The van der Waals surface area contributed by atoms with Crippen molar-refractivity contribution in [2.45, 2.75) is 25.5 Å². The van der Waals surface area contributed by atoms with Crippen LogP contribution < -0.4 is 5.32 Å². The van der Waals surface area contributed by atoms with Crippen LogP contribution in [-0.4, -0.2) is 51.6 Å². The van der Waals surface area contributed by atoms with Crippen molar-refractivity contribution >= 4 is 35.3 Å². The molecule has 2 unspecified atom stereocenters. The lowest BCUT2D eigenvalue weighted by molar-refractivity contribution is -0.385. The van der Waals surface area contributed by atoms with Crippen LogP contribution in [0.1, 0.15) is 34.1 Å². The Balaban J connectivity index is 1.98. The highest BCUT2D eigenvalue weighted by atomic mass is 16.6. The van der Waals surface area contributed by atoms with Crippen molar-refractivity contribution in [1.29, 1.82) is 0 Å². The van der Waals surface area contributed by atoms with Crippen molar-refractivity contribution in [3.8, 4) is 0 Å². The minimum atomic E-state index is -1.44. The molecule has 2 atom stereocenters. The van der Waals surface area contributed by atoms with E-state index in [4.69, 9.17) is 4.74 Å². The van der Waals surface area contributed by atoms with E-state index in [0.717, 1.165) is 13.0 Å². The Bertz CT molecular complexity index is 893. The van der Waals surface area contributed by atoms with Crippen LogP contribution in [0.4, 0.5) is 5.69 Å². The van der Waals surface area contributed by atoms with Gasteiger partial charge in [0.15, 0.2) is 6.10 Å². The van der Waals surface area contributed by atoms with E-state index < -0.39 is 64.3 Å². The number of carbonyl (C=O) groups is 5. The lowest BCUT2D eigenvalue weighted by Gasteiger charge is -2.31.